The van der Waals surface area contributed by atoms with Gasteiger partial charge in [-0.1, -0.05) is 0 Å². The van der Waals surface area contributed by atoms with Crippen molar-refractivity contribution in [1.29, 1.82) is 0 Å². The highest BCUT2D eigenvalue weighted by Crippen LogP contribution is 2.22. The lowest BCUT2D eigenvalue weighted by molar-refractivity contribution is 0.0963. The first-order valence-electron chi connectivity index (χ1n) is 6.57. The summed E-state index contributed by atoms with van der Waals surface area (Å²) in [6.45, 7) is 0. The van der Waals surface area contributed by atoms with Crippen molar-refractivity contribution in [1.82, 2.24) is 4.98 Å². The molecule has 1 aliphatic carbocycles. The molecule has 2 aromatic rings. The summed E-state index contributed by atoms with van der Waals surface area (Å²) in [5.74, 6) is -0.120. The van der Waals surface area contributed by atoms with E-state index in [-0.39, 0.29) is 11.5 Å². The molecule has 21 heavy (non-hydrogen) atoms. The fourth-order valence-corrected chi connectivity index (χ4v) is 2.26. The van der Waals surface area contributed by atoms with E-state index in [9.17, 15) is 14.4 Å². The molecule has 6 heteroatoms. The summed E-state index contributed by atoms with van der Waals surface area (Å²) < 4.78 is 5.13. The van der Waals surface area contributed by atoms with Crippen LogP contribution in [0.3, 0.4) is 0 Å². The van der Waals surface area contributed by atoms with Crippen LogP contribution in [0.15, 0.2) is 39.8 Å². The molecule has 1 aliphatic rings. The number of nitrogens with zero attached hydrogens (tertiary/aromatic N) is 1. The highest BCUT2D eigenvalue weighted by molar-refractivity contribution is 6.05. The van der Waals surface area contributed by atoms with Crippen molar-refractivity contribution in [3.63, 3.8) is 0 Å². The van der Waals surface area contributed by atoms with E-state index in [1.807, 2.05) is 0 Å². The lowest BCUT2D eigenvalue weighted by Crippen LogP contribution is -2.21. The molecule has 0 bridgehead atoms. The number of hydrogen-bond acceptors (Lipinski definition) is 5. The van der Waals surface area contributed by atoms with Crippen molar-refractivity contribution in [2.75, 3.05) is 5.32 Å². The molecule has 6 nitrogen and oxygen atoms in total. The molecule has 0 radical (unpaired) electrons. The van der Waals surface area contributed by atoms with Gasteiger partial charge in [0.15, 0.2) is 5.78 Å². The Balaban J connectivity index is 1.93. The standard InChI is InChI=1S/C15H12N2O4/c18-12-2-1-3-13-10(12)8-11(15(20)21-13)17-14(19)9-4-6-16-7-5-9/h4-8H,1-3H2,(H,17,19). The molecular formula is C15H12N2O4. The molecule has 0 saturated heterocycles. The lowest BCUT2D eigenvalue weighted by atomic mass is 9.96. The van der Waals surface area contributed by atoms with Crippen LogP contribution in [-0.4, -0.2) is 16.7 Å². The number of pyridine rings is 1. The molecule has 0 aliphatic heterocycles. The summed E-state index contributed by atoms with van der Waals surface area (Å²) in [6.07, 6.45) is 4.63. The quantitative estimate of drug-likeness (QED) is 0.908. The molecule has 0 atom stereocenters. The zero-order valence-electron chi connectivity index (χ0n) is 11.1. The van der Waals surface area contributed by atoms with Crippen LogP contribution in [0.25, 0.3) is 0 Å². The Morgan fingerprint density at radius 2 is 1.95 bits per heavy atom. The molecule has 2 aromatic heterocycles. The Bertz CT molecular complexity index is 765. The van der Waals surface area contributed by atoms with Crippen LogP contribution >= 0.6 is 0 Å². The zero-order valence-corrected chi connectivity index (χ0v) is 11.1. The number of Topliss-reactive ketones (excluding diaryl/α,β-unsaturated/α-hetero) is 1. The molecule has 0 fully saturated rings. The average molecular weight is 284 g/mol. The van der Waals surface area contributed by atoms with Crippen LogP contribution in [0.1, 0.15) is 39.3 Å². The summed E-state index contributed by atoms with van der Waals surface area (Å²) >= 11 is 0. The molecule has 2 heterocycles. The van der Waals surface area contributed by atoms with Gasteiger partial charge in [0.05, 0.1) is 5.56 Å². The Morgan fingerprint density at radius 3 is 2.71 bits per heavy atom. The van der Waals surface area contributed by atoms with Gasteiger partial charge >= 0.3 is 5.63 Å². The Labute approximate surface area is 119 Å². The fraction of sp³-hybridized carbons (Fsp3) is 0.200. The maximum absolute atomic E-state index is 12.0. The summed E-state index contributed by atoms with van der Waals surface area (Å²) in [6, 6.07) is 4.46. The predicted octanol–water partition coefficient (Wildman–Crippen LogP) is 1.81. The van der Waals surface area contributed by atoms with Gasteiger partial charge in [-0.05, 0) is 24.6 Å². The van der Waals surface area contributed by atoms with Gasteiger partial charge in [-0.3, -0.25) is 14.6 Å². The van der Waals surface area contributed by atoms with Crippen molar-refractivity contribution in [3.8, 4) is 0 Å². The van der Waals surface area contributed by atoms with Crippen LogP contribution in [0, 0.1) is 0 Å². The molecule has 0 spiro atoms. The third kappa shape index (κ3) is 2.60. The van der Waals surface area contributed by atoms with Gasteiger partial charge in [-0.2, -0.15) is 0 Å². The number of carbonyl (C=O) groups is 2. The van der Waals surface area contributed by atoms with Gasteiger partial charge < -0.3 is 9.73 Å². The first-order chi connectivity index (χ1) is 10.1. The summed E-state index contributed by atoms with van der Waals surface area (Å²) in [5.41, 5.74) is 0.0796. The highest BCUT2D eigenvalue weighted by atomic mass is 16.4. The van der Waals surface area contributed by atoms with Crippen molar-refractivity contribution in [2.45, 2.75) is 19.3 Å². The maximum atomic E-state index is 12.0. The SMILES string of the molecule is O=C(Nc1cc2c(oc1=O)CCCC2=O)c1ccncc1. The molecule has 3 rings (SSSR count). The van der Waals surface area contributed by atoms with Crippen LogP contribution in [0.5, 0.6) is 0 Å². The number of nitrogens with one attached hydrogen (secondary N) is 1. The third-order valence-corrected chi connectivity index (χ3v) is 3.32. The molecule has 106 valence electrons. The van der Waals surface area contributed by atoms with Gasteiger partial charge in [0, 0.05) is 30.8 Å². The zero-order chi connectivity index (χ0) is 14.8. The number of hydrogen-bond donors (Lipinski definition) is 1. The fourth-order valence-electron chi connectivity index (χ4n) is 2.26. The molecule has 1 N–H and O–H groups in total. The number of fused-ring (bicyclic) bond motifs is 1. The summed E-state index contributed by atoms with van der Waals surface area (Å²) in [4.78, 5) is 39.5. The third-order valence-electron chi connectivity index (χ3n) is 3.32. The van der Waals surface area contributed by atoms with E-state index < -0.39 is 11.5 Å². The van der Waals surface area contributed by atoms with Crippen molar-refractivity contribution < 1.29 is 14.0 Å². The van der Waals surface area contributed by atoms with Crippen LogP contribution in [0.4, 0.5) is 5.69 Å². The topological polar surface area (TPSA) is 89.3 Å². The Hall–Kier alpha value is -2.76. The predicted molar refractivity (Wildman–Crippen MR) is 74.4 cm³/mol. The second-order valence-corrected chi connectivity index (χ2v) is 4.75. The number of anilines is 1. The maximum Gasteiger partial charge on any atom is 0.359 e. The van der Waals surface area contributed by atoms with E-state index in [0.717, 1.165) is 0 Å². The molecular weight excluding hydrogens is 272 g/mol. The van der Waals surface area contributed by atoms with E-state index >= 15 is 0 Å². The first kappa shape index (κ1) is 13.2. The van der Waals surface area contributed by atoms with Gasteiger partial charge in [0.2, 0.25) is 0 Å². The number of rotatable bonds is 2. The van der Waals surface area contributed by atoms with E-state index in [0.29, 0.717) is 36.1 Å². The summed E-state index contributed by atoms with van der Waals surface area (Å²) in [7, 11) is 0. The van der Waals surface area contributed by atoms with Crippen LogP contribution in [0.2, 0.25) is 0 Å². The van der Waals surface area contributed by atoms with Gasteiger partial charge in [0.1, 0.15) is 11.4 Å². The Kier molecular flexibility index (Phi) is 3.35. The minimum atomic E-state index is -0.647. The minimum absolute atomic E-state index is 0.0224. The number of ketones is 1. The molecule has 0 unspecified atom stereocenters. The van der Waals surface area contributed by atoms with E-state index in [4.69, 9.17) is 4.42 Å². The molecule has 0 aromatic carbocycles. The second kappa shape index (κ2) is 5.32. The lowest BCUT2D eigenvalue weighted by Gasteiger charge is -2.13. The average Bonchev–Trinajstić information content (AvgIpc) is 2.50. The highest BCUT2D eigenvalue weighted by Gasteiger charge is 2.22. The first-order valence-corrected chi connectivity index (χ1v) is 6.57. The minimum Gasteiger partial charge on any atom is -0.426 e. The van der Waals surface area contributed by atoms with Gasteiger partial charge in [0.25, 0.3) is 5.91 Å². The molecule has 0 saturated carbocycles. The number of amides is 1. The van der Waals surface area contributed by atoms with Gasteiger partial charge in [-0.25, -0.2) is 4.79 Å². The van der Waals surface area contributed by atoms with Crippen molar-refractivity contribution in [3.05, 3.63) is 57.9 Å². The number of aromatic nitrogens is 1. The van der Waals surface area contributed by atoms with Crippen molar-refractivity contribution in [2.24, 2.45) is 0 Å². The van der Waals surface area contributed by atoms with E-state index in [2.05, 4.69) is 10.3 Å². The largest absolute Gasteiger partial charge is 0.426 e. The van der Waals surface area contributed by atoms with E-state index in [1.54, 1.807) is 0 Å². The monoisotopic (exact) mass is 284 g/mol. The van der Waals surface area contributed by atoms with Gasteiger partial charge in [-0.15, -0.1) is 0 Å². The van der Waals surface area contributed by atoms with E-state index in [1.165, 1.54) is 30.6 Å². The van der Waals surface area contributed by atoms with Crippen LogP contribution in [-0.2, 0) is 6.42 Å². The Morgan fingerprint density at radius 1 is 1.19 bits per heavy atom. The summed E-state index contributed by atoms with van der Waals surface area (Å²) in [5, 5.41) is 2.47. The van der Waals surface area contributed by atoms with Crippen LogP contribution < -0.4 is 10.9 Å². The smallest absolute Gasteiger partial charge is 0.359 e. The molecule has 1 amide bonds. The second-order valence-electron chi connectivity index (χ2n) is 4.75. The number of carbonyl (C=O) groups excluding carboxylic acids is 2. The normalized spacial score (nSPS) is 13.6. The van der Waals surface area contributed by atoms with Crippen molar-refractivity contribution >= 4 is 17.4 Å². The number of aryl methyl sites for hydroxylation is 1.